The fraction of sp³-hybridized carbons (Fsp3) is 0.529. The molecule has 4 rings (SSSR count). The summed E-state index contributed by atoms with van der Waals surface area (Å²) in [5, 5.41) is 24.9. The van der Waals surface area contributed by atoms with Gasteiger partial charge in [-0.25, -0.2) is 0 Å². The van der Waals surface area contributed by atoms with Crippen LogP contribution in [0.1, 0.15) is 38.8 Å². The molecule has 0 radical (unpaired) electrons. The zero-order valence-electron chi connectivity index (χ0n) is 27.7. The molecule has 6 unspecified atom stereocenters. The highest BCUT2D eigenvalue weighted by molar-refractivity contribution is 5.73. The van der Waals surface area contributed by atoms with Crippen molar-refractivity contribution < 1.29 is 67.3 Å². The van der Waals surface area contributed by atoms with Crippen LogP contribution in [0.3, 0.4) is 0 Å². The number of carbonyl (C=O) groups is 4. The van der Waals surface area contributed by atoms with E-state index in [9.17, 15) is 29.4 Å². The first-order valence-corrected chi connectivity index (χ1v) is 15.8. The second-order valence-corrected chi connectivity index (χ2v) is 11.6. The number of esters is 3. The first-order valence-electron chi connectivity index (χ1n) is 15.8. The lowest BCUT2D eigenvalue weighted by Crippen LogP contribution is -2.68. The van der Waals surface area contributed by atoms with Crippen LogP contribution in [0.2, 0.25) is 0 Å². The van der Waals surface area contributed by atoms with Gasteiger partial charge in [0.05, 0.1) is 26.4 Å². The van der Waals surface area contributed by atoms with Crippen LogP contribution in [0.5, 0.6) is 0 Å². The summed E-state index contributed by atoms with van der Waals surface area (Å²) < 4.78 is 46.5. The van der Waals surface area contributed by atoms with Crippen molar-refractivity contribution in [3.05, 3.63) is 71.8 Å². The van der Waals surface area contributed by atoms with Gasteiger partial charge >= 0.3 is 17.9 Å². The number of rotatable bonds is 14. The van der Waals surface area contributed by atoms with Crippen molar-refractivity contribution in [2.45, 2.75) is 102 Å². The minimum atomic E-state index is -1.67. The molecule has 2 aromatic carbocycles. The molecule has 2 aliphatic heterocycles. The Kier molecular flexibility index (Phi) is 14.0. The van der Waals surface area contributed by atoms with Gasteiger partial charge in [-0.05, 0) is 11.1 Å². The summed E-state index contributed by atoms with van der Waals surface area (Å²) in [6, 6.07) is 17.1. The average molecular weight is 690 g/mol. The summed E-state index contributed by atoms with van der Waals surface area (Å²) in [7, 11) is 0. The van der Waals surface area contributed by atoms with E-state index in [0.717, 1.165) is 31.9 Å². The summed E-state index contributed by atoms with van der Waals surface area (Å²) in [5.74, 6) is -2.88. The maximum atomic E-state index is 12.3. The Hall–Kier alpha value is -3.96. The van der Waals surface area contributed by atoms with Crippen molar-refractivity contribution >= 4 is 23.8 Å². The molecule has 2 aliphatic rings. The first-order chi connectivity index (χ1) is 23.4. The quantitative estimate of drug-likeness (QED) is 0.187. The Balaban J connectivity index is 1.65. The molecule has 1 amide bonds. The largest absolute Gasteiger partial charge is 0.457 e. The monoisotopic (exact) mass is 689 g/mol. The Bertz CT molecular complexity index is 1380. The molecular formula is C34H43NO14. The van der Waals surface area contributed by atoms with Gasteiger partial charge in [-0.2, -0.15) is 0 Å². The summed E-state index contributed by atoms with van der Waals surface area (Å²) in [5.41, 5.74) is 1.69. The Morgan fingerprint density at radius 3 is 1.61 bits per heavy atom. The molecule has 2 aromatic rings. The van der Waals surface area contributed by atoms with Gasteiger partial charge in [-0.15, -0.1) is 0 Å². The van der Waals surface area contributed by atoms with Crippen LogP contribution >= 0.6 is 0 Å². The zero-order valence-corrected chi connectivity index (χ0v) is 27.7. The van der Waals surface area contributed by atoms with E-state index in [1.54, 1.807) is 0 Å². The third kappa shape index (κ3) is 11.0. The number of nitrogens with one attached hydrogen (secondary N) is 1. The number of carbonyl (C=O) groups excluding carboxylic acids is 4. The smallest absolute Gasteiger partial charge is 0.303 e. The molecule has 0 aromatic heterocycles. The molecule has 15 nitrogen and oxygen atoms in total. The minimum absolute atomic E-state index is 0.149. The first kappa shape index (κ1) is 37.9. The van der Waals surface area contributed by atoms with E-state index in [-0.39, 0.29) is 26.4 Å². The summed E-state index contributed by atoms with van der Waals surface area (Å²) in [6.45, 7) is 4.51. The maximum Gasteiger partial charge on any atom is 0.303 e. The van der Waals surface area contributed by atoms with E-state index < -0.39 is 85.2 Å². The number of hydrogen-bond acceptors (Lipinski definition) is 14. The van der Waals surface area contributed by atoms with E-state index in [1.165, 1.54) is 6.92 Å². The molecular weight excluding hydrogens is 646 g/mol. The third-order valence-corrected chi connectivity index (χ3v) is 7.64. The van der Waals surface area contributed by atoms with Crippen molar-refractivity contribution in [3.63, 3.8) is 0 Å². The van der Waals surface area contributed by atoms with E-state index in [2.05, 4.69) is 5.32 Å². The Morgan fingerprint density at radius 2 is 1.12 bits per heavy atom. The van der Waals surface area contributed by atoms with Crippen LogP contribution in [0.25, 0.3) is 0 Å². The minimum Gasteiger partial charge on any atom is -0.457 e. The molecule has 49 heavy (non-hydrogen) atoms. The van der Waals surface area contributed by atoms with Gasteiger partial charge in [0, 0.05) is 27.7 Å². The highest BCUT2D eigenvalue weighted by atomic mass is 16.7. The van der Waals surface area contributed by atoms with Crippen molar-refractivity contribution in [2.24, 2.45) is 0 Å². The van der Waals surface area contributed by atoms with E-state index in [1.807, 2.05) is 60.7 Å². The molecule has 0 aliphatic carbocycles. The van der Waals surface area contributed by atoms with Crippen LogP contribution in [-0.2, 0) is 70.3 Å². The highest BCUT2D eigenvalue weighted by Gasteiger charge is 2.55. The lowest BCUT2D eigenvalue weighted by molar-refractivity contribution is -0.348. The fourth-order valence-corrected chi connectivity index (χ4v) is 5.62. The van der Waals surface area contributed by atoms with E-state index >= 15 is 0 Å². The second-order valence-electron chi connectivity index (χ2n) is 11.6. The van der Waals surface area contributed by atoms with Gasteiger partial charge < -0.3 is 53.4 Å². The molecule has 10 atom stereocenters. The average Bonchev–Trinajstić information content (AvgIpc) is 3.04. The number of ether oxygens (including phenoxy) is 8. The summed E-state index contributed by atoms with van der Waals surface area (Å²) >= 11 is 0. The maximum absolute atomic E-state index is 12.3. The predicted molar refractivity (Wildman–Crippen MR) is 167 cm³/mol. The van der Waals surface area contributed by atoms with Crippen LogP contribution in [-0.4, -0.2) is 109 Å². The Morgan fingerprint density at radius 1 is 0.653 bits per heavy atom. The lowest BCUT2D eigenvalue weighted by atomic mass is 9.95. The standard InChI is InChI=1S/C34H43NO14/c1-19(36)35-27-31(45-21(3)38)30(26(47-33(27)41)18-43-16-24-13-9-6-10-14-24)49-34-32(46-22(4)39)28(40)29(44-20(2)37)25(48-34)17-42-15-23-11-7-5-8-12-23/h5-14,25-34,40-41H,15-18H2,1-4H3,(H,35,36)/t25?,26?,27?,28?,29-,30+,31?,32?,33+,34-/m0/s1. The van der Waals surface area contributed by atoms with Gasteiger partial charge in [-0.3, -0.25) is 19.2 Å². The van der Waals surface area contributed by atoms with Gasteiger partial charge in [0.2, 0.25) is 5.91 Å². The van der Waals surface area contributed by atoms with Crippen LogP contribution < -0.4 is 5.32 Å². The van der Waals surface area contributed by atoms with Crippen LogP contribution in [0.15, 0.2) is 60.7 Å². The van der Waals surface area contributed by atoms with Crippen molar-refractivity contribution in [2.75, 3.05) is 13.2 Å². The molecule has 0 saturated carbocycles. The molecule has 2 heterocycles. The molecule has 0 bridgehead atoms. The van der Waals surface area contributed by atoms with Gasteiger partial charge in [-0.1, -0.05) is 60.7 Å². The van der Waals surface area contributed by atoms with E-state index in [0.29, 0.717) is 0 Å². The topological polar surface area (TPSA) is 195 Å². The SMILES string of the molecule is CC(=O)NC1C(OC(C)=O)[C@H](O[C@@H]2OC(COCc3ccccc3)[C@H](OC(C)=O)C(O)C2OC(C)=O)C(COCc2ccccc2)O[C@H]1O. The molecule has 3 N–H and O–H groups in total. The zero-order chi connectivity index (χ0) is 35.5. The predicted octanol–water partition coefficient (Wildman–Crippen LogP) is 0.908. The van der Waals surface area contributed by atoms with Crippen LogP contribution in [0.4, 0.5) is 0 Å². The molecule has 0 spiro atoms. The lowest BCUT2D eigenvalue weighted by Gasteiger charge is -2.48. The molecule has 268 valence electrons. The Labute approximate surface area is 283 Å². The van der Waals surface area contributed by atoms with Crippen LogP contribution in [0, 0.1) is 0 Å². The number of hydrogen-bond donors (Lipinski definition) is 3. The molecule has 2 saturated heterocycles. The van der Waals surface area contributed by atoms with Gasteiger partial charge in [0.1, 0.15) is 30.5 Å². The van der Waals surface area contributed by atoms with Crippen molar-refractivity contribution in [1.29, 1.82) is 0 Å². The molecule has 2 fully saturated rings. The van der Waals surface area contributed by atoms with E-state index in [4.69, 9.17) is 37.9 Å². The number of amides is 1. The third-order valence-electron chi connectivity index (χ3n) is 7.64. The summed E-state index contributed by atoms with van der Waals surface area (Å²) in [4.78, 5) is 48.8. The summed E-state index contributed by atoms with van der Waals surface area (Å²) in [6.07, 6.45) is -12.8. The van der Waals surface area contributed by atoms with Gasteiger partial charge in [0.25, 0.3) is 0 Å². The highest BCUT2D eigenvalue weighted by Crippen LogP contribution is 2.33. The number of aliphatic hydroxyl groups is 2. The second kappa shape index (κ2) is 18.2. The number of aliphatic hydroxyl groups excluding tert-OH is 2. The normalized spacial score (nSPS) is 29.8. The van der Waals surface area contributed by atoms with Gasteiger partial charge in [0.15, 0.2) is 30.9 Å². The number of benzene rings is 2. The molecule has 15 heteroatoms. The van der Waals surface area contributed by atoms with Crippen molar-refractivity contribution in [3.8, 4) is 0 Å². The fourth-order valence-electron chi connectivity index (χ4n) is 5.62. The van der Waals surface area contributed by atoms with Crippen molar-refractivity contribution in [1.82, 2.24) is 5.32 Å².